The van der Waals surface area contributed by atoms with E-state index < -0.39 is 11.9 Å². The van der Waals surface area contributed by atoms with Crippen LogP contribution in [-0.4, -0.2) is 32.4 Å². The first-order chi connectivity index (χ1) is 11.4. The predicted octanol–water partition coefficient (Wildman–Crippen LogP) is 4.59. The minimum atomic E-state index is -1.20. The molecule has 0 aromatic heterocycles. The first kappa shape index (κ1) is 18.7. The smallest absolute Gasteiger partial charge is 0.339 e. The van der Waals surface area contributed by atoms with E-state index in [0.717, 1.165) is 0 Å². The van der Waals surface area contributed by atoms with E-state index in [0.29, 0.717) is 9.79 Å². The molecule has 10 heteroatoms. The zero-order chi connectivity index (χ0) is 17.7. The number of aromatic hydroxyl groups is 2. The van der Waals surface area contributed by atoms with Crippen molar-refractivity contribution in [3.63, 3.8) is 0 Å². The maximum Gasteiger partial charge on any atom is 0.339 e. The maximum atomic E-state index is 10.9. The van der Waals surface area contributed by atoms with Crippen LogP contribution in [0.1, 0.15) is 20.7 Å². The molecule has 0 saturated heterocycles. The second-order valence-corrected chi connectivity index (χ2v) is 10.1. The van der Waals surface area contributed by atoms with Crippen LogP contribution in [0.2, 0.25) is 0 Å². The zero-order valence-electron chi connectivity index (χ0n) is 11.7. The van der Waals surface area contributed by atoms with E-state index in [-0.39, 0.29) is 22.6 Å². The van der Waals surface area contributed by atoms with Gasteiger partial charge in [0.1, 0.15) is 22.6 Å². The highest BCUT2D eigenvalue weighted by molar-refractivity contribution is 9.26. The third-order valence-corrected chi connectivity index (χ3v) is 8.72. The summed E-state index contributed by atoms with van der Waals surface area (Å²) < 4.78 is 0. The lowest BCUT2D eigenvalue weighted by Gasteiger charge is -2.05. The number of carboxylic acid groups (broad SMARTS) is 2. The summed E-state index contributed by atoms with van der Waals surface area (Å²) in [5.41, 5.74) is -0.328. The largest absolute Gasteiger partial charge is 0.507 e. The molecule has 0 saturated carbocycles. The van der Waals surface area contributed by atoms with E-state index >= 15 is 0 Å². The summed E-state index contributed by atoms with van der Waals surface area (Å²) in [6.45, 7) is 0. The van der Waals surface area contributed by atoms with E-state index in [2.05, 4.69) is 0 Å². The SMILES string of the molecule is O=C(O)c1cc(SSSSc2ccc(O)c(C(=O)O)c2)ccc1O. The summed E-state index contributed by atoms with van der Waals surface area (Å²) >= 11 is 0. The van der Waals surface area contributed by atoms with Crippen molar-refractivity contribution in [2.75, 3.05) is 0 Å². The minimum absolute atomic E-state index is 0.164. The summed E-state index contributed by atoms with van der Waals surface area (Å²) in [6, 6.07) is 8.61. The summed E-state index contributed by atoms with van der Waals surface area (Å²) in [4.78, 5) is 23.2. The van der Waals surface area contributed by atoms with Gasteiger partial charge >= 0.3 is 11.9 Å². The molecule has 126 valence electrons. The van der Waals surface area contributed by atoms with Gasteiger partial charge in [0, 0.05) is 9.79 Å². The van der Waals surface area contributed by atoms with Crippen LogP contribution in [0.15, 0.2) is 46.2 Å². The number of phenols is 2. The Kier molecular flexibility index (Phi) is 6.60. The van der Waals surface area contributed by atoms with Gasteiger partial charge < -0.3 is 20.4 Å². The van der Waals surface area contributed by atoms with Crippen molar-refractivity contribution in [1.82, 2.24) is 0 Å². The van der Waals surface area contributed by atoms with E-state index in [1.54, 1.807) is 12.1 Å². The molecule has 2 aromatic carbocycles. The lowest BCUT2D eigenvalue weighted by Crippen LogP contribution is -1.96. The Morgan fingerprint density at radius 2 is 1.08 bits per heavy atom. The van der Waals surface area contributed by atoms with Crippen molar-refractivity contribution in [3.05, 3.63) is 47.5 Å². The number of rotatable bonds is 7. The lowest BCUT2D eigenvalue weighted by molar-refractivity contribution is 0.0682. The molecule has 24 heavy (non-hydrogen) atoms. The highest BCUT2D eigenvalue weighted by Gasteiger charge is 2.12. The van der Waals surface area contributed by atoms with Crippen LogP contribution in [0.3, 0.4) is 0 Å². The fourth-order valence-electron chi connectivity index (χ4n) is 1.58. The summed E-state index contributed by atoms with van der Waals surface area (Å²) in [5.74, 6) is -2.98. The van der Waals surface area contributed by atoms with Crippen LogP contribution in [0, 0.1) is 0 Å². The van der Waals surface area contributed by atoms with Crippen molar-refractivity contribution in [3.8, 4) is 11.5 Å². The number of aromatic carboxylic acids is 2. The monoisotopic (exact) mass is 402 g/mol. The number of hydrogen-bond acceptors (Lipinski definition) is 8. The van der Waals surface area contributed by atoms with E-state index in [9.17, 15) is 19.8 Å². The van der Waals surface area contributed by atoms with Crippen LogP contribution in [0.25, 0.3) is 0 Å². The molecule has 0 unspecified atom stereocenters. The van der Waals surface area contributed by atoms with Gasteiger partial charge in [-0.1, -0.05) is 0 Å². The van der Waals surface area contributed by atoms with Crippen molar-refractivity contribution in [2.24, 2.45) is 0 Å². The summed E-state index contributed by atoms with van der Waals surface area (Å²) in [5, 5.41) is 36.8. The van der Waals surface area contributed by atoms with E-state index in [1.807, 2.05) is 0 Å². The Bertz CT molecular complexity index is 714. The third kappa shape index (κ3) is 4.94. The van der Waals surface area contributed by atoms with Gasteiger partial charge in [-0.05, 0) is 77.6 Å². The zero-order valence-corrected chi connectivity index (χ0v) is 15.0. The van der Waals surface area contributed by atoms with Gasteiger partial charge in [-0.3, -0.25) is 0 Å². The predicted molar refractivity (Wildman–Crippen MR) is 97.0 cm³/mol. The molecule has 0 radical (unpaired) electrons. The molecule has 0 aliphatic carbocycles. The second-order valence-electron chi connectivity index (χ2n) is 4.27. The van der Waals surface area contributed by atoms with Gasteiger partial charge in [0.25, 0.3) is 0 Å². The molecule has 0 aliphatic rings. The molecular formula is C14H10O6S4. The number of benzene rings is 2. The molecule has 2 rings (SSSR count). The lowest BCUT2D eigenvalue weighted by atomic mass is 10.2. The summed E-state index contributed by atoms with van der Waals surface area (Å²) in [6.07, 6.45) is 0. The Morgan fingerprint density at radius 3 is 1.42 bits per heavy atom. The topological polar surface area (TPSA) is 115 Å². The normalized spacial score (nSPS) is 10.5. The molecule has 0 heterocycles. The number of carbonyl (C=O) groups is 2. The second kappa shape index (κ2) is 8.47. The van der Waals surface area contributed by atoms with Crippen LogP contribution in [0.5, 0.6) is 11.5 Å². The molecule has 2 aromatic rings. The third-order valence-electron chi connectivity index (χ3n) is 2.69. The molecule has 0 amide bonds. The fraction of sp³-hybridized carbons (Fsp3) is 0. The number of carboxylic acids is 2. The standard InChI is InChI=1S/C14H10O6S4/c15-11-3-1-7(5-9(11)13(17)18)21-23-24-22-8-2-4-12(16)10(6-8)14(19)20/h1-6,15-16H,(H,17,18)(H,19,20). The highest BCUT2D eigenvalue weighted by atomic mass is 33.7. The molecule has 0 fully saturated rings. The molecule has 0 aliphatic heterocycles. The first-order valence-corrected chi connectivity index (χ1v) is 11.0. The Labute approximate surface area is 151 Å². The maximum absolute atomic E-state index is 10.9. The quantitative estimate of drug-likeness (QED) is 0.387. The molecule has 4 N–H and O–H groups in total. The first-order valence-electron chi connectivity index (χ1n) is 6.19. The average molecular weight is 402 g/mol. The Balaban J connectivity index is 1.92. The van der Waals surface area contributed by atoms with Crippen LogP contribution < -0.4 is 0 Å². The molecule has 0 bridgehead atoms. The van der Waals surface area contributed by atoms with Crippen molar-refractivity contribution >= 4 is 53.2 Å². The highest BCUT2D eigenvalue weighted by Crippen LogP contribution is 2.49. The van der Waals surface area contributed by atoms with E-state index in [4.69, 9.17) is 10.2 Å². The van der Waals surface area contributed by atoms with E-state index in [1.165, 1.54) is 65.5 Å². The number of hydrogen-bond donors (Lipinski definition) is 4. The van der Waals surface area contributed by atoms with Crippen LogP contribution in [0.4, 0.5) is 0 Å². The van der Waals surface area contributed by atoms with Crippen molar-refractivity contribution in [2.45, 2.75) is 9.79 Å². The van der Waals surface area contributed by atoms with Gasteiger partial charge in [0.05, 0.1) is 0 Å². The van der Waals surface area contributed by atoms with Gasteiger partial charge in [0.15, 0.2) is 0 Å². The summed E-state index contributed by atoms with van der Waals surface area (Å²) in [7, 11) is 5.34. The molecule has 0 spiro atoms. The van der Waals surface area contributed by atoms with Gasteiger partial charge in [-0.25, -0.2) is 9.59 Å². The molecule has 0 atom stereocenters. The van der Waals surface area contributed by atoms with Gasteiger partial charge in [-0.15, -0.1) is 0 Å². The molecule has 6 nitrogen and oxygen atoms in total. The Hall–Kier alpha value is -1.62. The minimum Gasteiger partial charge on any atom is -0.507 e. The van der Waals surface area contributed by atoms with Crippen LogP contribution >= 0.6 is 41.2 Å². The fourth-order valence-corrected chi connectivity index (χ4v) is 7.05. The van der Waals surface area contributed by atoms with Gasteiger partial charge in [-0.2, -0.15) is 0 Å². The molecular weight excluding hydrogens is 392 g/mol. The van der Waals surface area contributed by atoms with Crippen molar-refractivity contribution in [1.29, 1.82) is 0 Å². The van der Waals surface area contributed by atoms with Crippen LogP contribution in [-0.2, 0) is 0 Å². The van der Waals surface area contributed by atoms with Crippen molar-refractivity contribution < 1.29 is 30.0 Å². The average Bonchev–Trinajstić information content (AvgIpc) is 2.53. The Morgan fingerprint density at radius 1 is 0.708 bits per heavy atom. The van der Waals surface area contributed by atoms with Gasteiger partial charge in [0.2, 0.25) is 0 Å².